The van der Waals surface area contributed by atoms with E-state index in [1.165, 1.54) is 17.3 Å². The van der Waals surface area contributed by atoms with Crippen LogP contribution in [0.3, 0.4) is 0 Å². The zero-order valence-corrected chi connectivity index (χ0v) is 19.5. The molecule has 6 nitrogen and oxygen atoms in total. The maximum absolute atomic E-state index is 13.3. The maximum Gasteiger partial charge on any atom is 0.236 e. The molecule has 4 aromatic rings. The van der Waals surface area contributed by atoms with E-state index < -0.39 is 5.25 Å². The maximum atomic E-state index is 13.3. The normalized spacial score (nSPS) is 17.2. The molecule has 5 rings (SSSR count). The molecule has 0 saturated heterocycles. The highest BCUT2D eigenvalue weighted by molar-refractivity contribution is 8.00. The van der Waals surface area contributed by atoms with E-state index in [2.05, 4.69) is 20.9 Å². The van der Waals surface area contributed by atoms with Crippen molar-refractivity contribution in [1.29, 1.82) is 0 Å². The first-order valence-electron chi connectivity index (χ1n) is 10.6. The largest absolute Gasteiger partial charge is 0.351 e. The number of fused-ring (bicyclic) bond motifs is 1. The molecule has 1 aliphatic heterocycles. The minimum atomic E-state index is -0.433. The van der Waals surface area contributed by atoms with Crippen LogP contribution in [0.25, 0.3) is 11.4 Å². The second kappa shape index (κ2) is 9.29. The number of halogens is 1. The molecule has 1 aromatic heterocycles. The third kappa shape index (κ3) is 4.60. The fourth-order valence-corrected chi connectivity index (χ4v) is 4.98. The van der Waals surface area contributed by atoms with E-state index >= 15 is 0 Å². The van der Waals surface area contributed by atoms with Crippen molar-refractivity contribution in [2.45, 2.75) is 29.9 Å². The summed E-state index contributed by atoms with van der Waals surface area (Å²) in [5.74, 6) is 0.638. The molecule has 8 heteroatoms. The lowest BCUT2D eigenvalue weighted by atomic mass is 10.0. The fourth-order valence-electron chi connectivity index (χ4n) is 3.75. The third-order valence-electron chi connectivity index (χ3n) is 5.54. The van der Waals surface area contributed by atoms with Gasteiger partial charge in [0, 0.05) is 17.1 Å². The fraction of sp³-hybridized carbons (Fsp3) is 0.160. The van der Waals surface area contributed by atoms with Crippen LogP contribution in [-0.4, -0.2) is 26.0 Å². The van der Waals surface area contributed by atoms with E-state index in [4.69, 9.17) is 11.6 Å². The number of rotatable bonds is 5. The quantitative estimate of drug-likeness (QED) is 0.426. The van der Waals surface area contributed by atoms with Crippen molar-refractivity contribution in [3.8, 4) is 11.4 Å². The van der Waals surface area contributed by atoms with Gasteiger partial charge < -0.3 is 10.7 Å². The van der Waals surface area contributed by atoms with Crippen molar-refractivity contribution in [2.75, 3.05) is 5.43 Å². The molecule has 3 aromatic carbocycles. The molecule has 0 fully saturated rings. The van der Waals surface area contributed by atoms with E-state index in [9.17, 15) is 4.79 Å². The second-order valence-corrected chi connectivity index (χ2v) is 9.45. The number of amides is 1. The van der Waals surface area contributed by atoms with E-state index in [0.29, 0.717) is 22.5 Å². The highest BCUT2D eigenvalue weighted by Crippen LogP contribution is 2.38. The minimum absolute atomic E-state index is 0.0662. The number of aryl methyl sites for hydroxylation is 1. The molecule has 2 unspecified atom stereocenters. The van der Waals surface area contributed by atoms with Gasteiger partial charge in [-0.15, -0.1) is 10.2 Å². The van der Waals surface area contributed by atoms with Crippen LogP contribution in [0.15, 0.2) is 84.0 Å². The first-order chi connectivity index (χ1) is 16.1. The number of carbonyl (C=O) groups excluding carboxylic acids is 1. The summed E-state index contributed by atoms with van der Waals surface area (Å²) < 4.78 is 1.86. The van der Waals surface area contributed by atoms with Crippen molar-refractivity contribution >= 4 is 29.3 Å². The average molecular weight is 476 g/mol. The molecular formula is C25H22ClN5OS. The zero-order chi connectivity index (χ0) is 22.8. The van der Waals surface area contributed by atoms with E-state index in [0.717, 1.165) is 16.7 Å². The van der Waals surface area contributed by atoms with Crippen LogP contribution in [0.1, 0.15) is 22.7 Å². The van der Waals surface area contributed by atoms with Gasteiger partial charge in [-0.2, -0.15) is 0 Å². The van der Waals surface area contributed by atoms with Gasteiger partial charge in [0.2, 0.25) is 11.1 Å². The Labute approximate surface area is 201 Å². The number of carbonyl (C=O) groups is 1. The summed E-state index contributed by atoms with van der Waals surface area (Å²) in [5, 5.41) is 12.7. The summed E-state index contributed by atoms with van der Waals surface area (Å²) in [6.45, 7) is 2.51. The number of benzene rings is 3. The van der Waals surface area contributed by atoms with Gasteiger partial charge in [0.25, 0.3) is 0 Å². The first kappa shape index (κ1) is 21.6. The van der Waals surface area contributed by atoms with Crippen LogP contribution in [0.2, 0.25) is 5.02 Å². The summed E-state index contributed by atoms with van der Waals surface area (Å²) in [7, 11) is 0. The Hall–Kier alpha value is -3.29. The molecule has 2 heterocycles. The van der Waals surface area contributed by atoms with E-state index in [1.807, 2.05) is 90.5 Å². The predicted octanol–water partition coefficient (Wildman–Crippen LogP) is 4.98. The van der Waals surface area contributed by atoms with Crippen LogP contribution in [0.5, 0.6) is 0 Å². The molecule has 166 valence electrons. The SMILES string of the molecule is Cc1ccc(CNC(=O)C2Sc3nnc(-c4ccccc4)n3NC2c2ccc(Cl)cc2)cc1. The highest BCUT2D eigenvalue weighted by atomic mass is 35.5. The van der Waals surface area contributed by atoms with E-state index in [1.54, 1.807) is 0 Å². The molecule has 1 aliphatic rings. The van der Waals surface area contributed by atoms with Crippen LogP contribution in [-0.2, 0) is 11.3 Å². The van der Waals surface area contributed by atoms with Crippen LogP contribution in [0, 0.1) is 6.92 Å². The number of hydrogen-bond acceptors (Lipinski definition) is 5. The molecule has 0 spiro atoms. The molecule has 2 N–H and O–H groups in total. The van der Waals surface area contributed by atoms with Gasteiger partial charge >= 0.3 is 0 Å². The number of hydrogen-bond donors (Lipinski definition) is 2. The Morgan fingerprint density at radius 1 is 1.03 bits per heavy atom. The van der Waals surface area contributed by atoms with Crippen molar-refractivity contribution in [3.05, 3.63) is 101 Å². The highest BCUT2D eigenvalue weighted by Gasteiger charge is 2.37. The van der Waals surface area contributed by atoms with Crippen molar-refractivity contribution in [2.24, 2.45) is 0 Å². The molecule has 2 atom stereocenters. The van der Waals surface area contributed by atoms with E-state index in [-0.39, 0.29) is 11.9 Å². The summed E-state index contributed by atoms with van der Waals surface area (Å²) >= 11 is 7.52. The zero-order valence-electron chi connectivity index (χ0n) is 17.9. The number of nitrogens with zero attached hydrogens (tertiary/aromatic N) is 3. The van der Waals surface area contributed by atoms with Crippen LogP contribution in [0.4, 0.5) is 0 Å². The Kier molecular flexibility index (Phi) is 6.07. The van der Waals surface area contributed by atoms with Crippen molar-refractivity contribution in [3.63, 3.8) is 0 Å². The smallest absolute Gasteiger partial charge is 0.236 e. The van der Waals surface area contributed by atoms with Crippen molar-refractivity contribution < 1.29 is 4.79 Å². The van der Waals surface area contributed by atoms with Gasteiger partial charge in [-0.3, -0.25) is 4.79 Å². The van der Waals surface area contributed by atoms with Crippen LogP contribution >= 0.6 is 23.4 Å². The Morgan fingerprint density at radius 2 is 1.76 bits per heavy atom. The van der Waals surface area contributed by atoms with Gasteiger partial charge in [-0.1, -0.05) is 95.7 Å². The van der Waals surface area contributed by atoms with Gasteiger partial charge in [-0.25, -0.2) is 4.68 Å². The first-order valence-corrected chi connectivity index (χ1v) is 11.9. The standard InChI is InChI=1S/C25H22ClN5OS/c1-16-7-9-17(10-8-16)15-27-24(32)22-21(18-11-13-20(26)14-12-18)30-31-23(28-29-25(31)33-22)19-5-3-2-4-6-19/h2-14,21-22,30H,15H2,1H3,(H,27,32). The van der Waals surface area contributed by atoms with Gasteiger partial charge in [0.1, 0.15) is 5.25 Å². The Morgan fingerprint density at radius 3 is 2.48 bits per heavy atom. The third-order valence-corrected chi connectivity index (χ3v) is 7.01. The molecule has 33 heavy (non-hydrogen) atoms. The lowest BCUT2D eigenvalue weighted by molar-refractivity contribution is -0.121. The summed E-state index contributed by atoms with van der Waals surface area (Å²) in [4.78, 5) is 13.3. The second-order valence-electron chi connectivity index (χ2n) is 7.91. The summed E-state index contributed by atoms with van der Waals surface area (Å²) in [5.41, 5.74) is 7.63. The monoisotopic (exact) mass is 475 g/mol. The predicted molar refractivity (Wildman–Crippen MR) is 132 cm³/mol. The molecule has 0 aliphatic carbocycles. The molecule has 1 amide bonds. The lowest BCUT2D eigenvalue weighted by Gasteiger charge is -2.33. The Balaban J connectivity index is 1.44. The molecular weight excluding hydrogens is 454 g/mol. The minimum Gasteiger partial charge on any atom is -0.351 e. The number of nitrogens with one attached hydrogen (secondary N) is 2. The van der Waals surface area contributed by atoms with Gasteiger partial charge in [-0.05, 0) is 30.2 Å². The summed E-state index contributed by atoms with van der Waals surface area (Å²) in [6, 6.07) is 25.3. The Bertz CT molecular complexity index is 1260. The number of aromatic nitrogens is 3. The lowest BCUT2D eigenvalue weighted by Crippen LogP contribution is -2.43. The molecule has 0 radical (unpaired) electrons. The topological polar surface area (TPSA) is 71.8 Å². The molecule has 0 saturated carbocycles. The van der Waals surface area contributed by atoms with Crippen molar-refractivity contribution in [1.82, 2.24) is 20.2 Å². The van der Waals surface area contributed by atoms with Gasteiger partial charge in [0.15, 0.2) is 5.82 Å². The average Bonchev–Trinajstić information content (AvgIpc) is 3.27. The van der Waals surface area contributed by atoms with Crippen LogP contribution < -0.4 is 10.7 Å². The molecule has 0 bridgehead atoms. The number of thioether (sulfide) groups is 1. The van der Waals surface area contributed by atoms with Gasteiger partial charge in [0.05, 0.1) is 6.04 Å². The summed E-state index contributed by atoms with van der Waals surface area (Å²) in [6.07, 6.45) is 0.